The molecule has 31 heteroatoms. The van der Waals surface area contributed by atoms with Crippen molar-refractivity contribution >= 4 is 65.1 Å². The van der Waals surface area contributed by atoms with E-state index in [2.05, 4.69) is 62.1 Å². The Balaban J connectivity index is 1.29. The molecule has 1 saturated heterocycles. The summed E-state index contributed by atoms with van der Waals surface area (Å²) >= 11 is 0. The van der Waals surface area contributed by atoms with Crippen LogP contribution in [0.4, 0.5) is 0 Å². The van der Waals surface area contributed by atoms with Crippen LogP contribution in [0.3, 0.4) is 0 Å². The number of aliphatic imine (C=N–C) groups is 1. The van der Waals surface area contributed by atoms with E-state index in [1.807, 2.05) is 0 Å². The minimum absolute atomic E-state index is 0.00117. The first kappa shape index (κ1) is 68.7. The van der Waals surface area contributed by atoms with Gasteiger partial charge in [0.05, 0.1) is 24.8 Å². The lowest BCUT2D eigenvalue weighted by molar-refractivity contribution is -0.145. The number of carbonyl (C=O) groups excluding carboxylic acids is 9. The van der Waals surface area contributed by atoms with Crippen LogP contribution in [0, 0.1) is 0 Å². The molecule has 0 unspecified atom stereocenters. The number of aromatic amines is 2. The minimum atomic E-state index is -1.75. The Hall–Kier alpha value is -10.4. The number of phenolic OH excluding ortho intramolecular Hbond substituents is 2. The number of hydrogen-bond acceptors (Lipinski definition) is 17. The number of aliphatic carboxylic acids is 1. The molecule has 0 bridgehead atoms. The van der Waals surface area contributed by atoms with Crippen LogP contribution in [0.5, 0.6) is 11.5 Å². The number of carboxylic acid groups (broad SMARTS) is 1. The van der Waals surface area contributed by atoms with Crippen LogP contribution in [0.2, 0.25) is 0 Å². The smallest absolute Gasteiger partial charge is 0.328 e. The number of likely N-dealkylation sites (tertiary alicyclic amines) is 1. The zero-order chi connectivity index (χ0) is 65.4. The molecule has 0 radical (unpaired) electrons. The normalized spacial score (nSPS) is 15.8. The molecule has 0 spiro atoms. The number of phenols is 2. The molecule has 482 valence electrons. The molecule has 10 atom stereocenters. The standard InChI is InChI=1S/C59H77N17O14/c1-32(77)49(58(89)90)75-51(82)41(9-5-21-66-59(62)63)69-56(87)47-10-6-22-76(47)57(88)46(25-35-13-17-39(79)18-14-35)74-55(86)45(27-37-29-65-31-68-37)73-53(84)42(23-33-7-3-2-4-8-33)71-52(83)43(24-34-11-15-38(78)16-12-34)72-54(85)44(26-36-28-64-30-67-36)70-50(81)40(60)19-20-48(61)80/h2-4,7-8,11-18,28-32,40-47,49,77-79H,5-6,9-10,19-27,60H2,1H3,(H2,61,80)(H,64,67)(H,65,68)(H,69,87)(H,70,81)(H,71,83)(H,72,85)(H,73,84)(H,74,86)(H,75,82)(H,89,90)(H4,62,63,66)/t32-,40+,41+,42+,43+,44+,45+,46+,47+,49+/m1/s1. The minimum Gasteiger partial charge on any atom is -0.508 e. The van der Waals surface area contributed by atoms with Crippen LogP contribution < -0.4 is 60.2 Å². The maximum absolute atomic E-state index is 15.0. The molecule has 21 N–H and O–H groups in total. The van der Waals surface area contributed by atoms with Gasteiger partial charge in [-0.2, -0.15) is 0 Å². The Morgan fingerprint density at radius 3 is 1.51 bits per heavy atom. The van der Waals surface area contributed by atoms with E-state index in [0.29, 0.717) is 28.1 Å². The molecule has 31 nitrogen and oxygen atoms in total. The van der Waals surface area contributed by atoms with Crippen molar-refractivity contribution in [3.63, 3.8) is 0 Å². The quantitative estimate of drug-likeness (QED) is 0.0108. The number of H-pyrrole nitrogens is 2. The van der Waals surface area contributed by atoms with E-state index in [9.17, 15) is 58.8 Å². The number of nitrogens with two attached hydrogens (primary N) is 4. The Morgan fingerprint density at radius 1 is 0.600 bits per heavy atom. The number of aromatic hydroxyl groups is 2. The Kier molecular flexibility index (Phi) is 25.7. The molecular formula is C59H77N17O14. The first-order valence-electron chi connectivity index (χ1n) is 28.9. The van der Waals surface area contributed by atoms with E-state index in [0.717, 1.165) is 6.92 Å². The van der Waals surface area contributed by atoms with Crippen molar-refractivity contribution < 1.29 is 68.4 Å². The first-order valence-corrected chi connectivity index (χ1v) is 28.9. The van der Waals surface area contributed by atoms with Gasteiger partial charge in [-0.1, -0.05) is 54.6 Å². The highest BCUT2D eigenvalue weighted by atomic mass is 16.4. The van der Waals surface area contributed by atoms with Gasteiger partial charge in [-0.05, 0) is 80.0 Å². The Labute approximate surface area is 516 Å². The fourth-order valence-electron chi connectivity index (χ4n) is 9.84. The molecule has 5 aromatic rings. The topological polar surface area (TPSA) is 513 Å². The van der Waals surface area contributed by atoms with E-state index < -0.39 is 120 Å². The molecule has 6 rings (SSSR count). The number of aromatic nitrogens is 4. The van der Waals surface area contributed by atoms with Gasteiger partial charge in [-0.3, -0.25) is 48.1 Å². The number of rotatable bonds is 34. The number of amides is 9. The van der Waals surface area contributed by atoms with Crippen molar-refractivity contribution in [2.75, 3.05) is 13.1 Å². The van der Waals surface area contributed by atoms with Gasteiger partial charge in [0.1, 0.15) is 53.8 Å². The van der Waals surface area contributed by atoms with Crippen LogP contribution in [0.1, 0.15) is 73.5 Å². The molecule has 90 heavy (non-hydrogen) atoms. The summed E-state index contributed by atoms with van der Waals surface area (Å²) in [7, 11) is 0. The second kappa shape index (κ2) is 33.6. The molecule has 0 aliphatic carbocycles. The number of primary amides is 1. The van der Waals surface area contributed by atoms with Gasteiger partial charge in [-0.15, -0.1) is 0 Å². The van der Waals surface area contributed by atoms with E-state index in [4.69, 9.17) is 22.9 Å². The summed E-state index contributed by atoms with van der Waals surface area (Å²) in [6.07, 6.45) is 2.95. The predicted octanol–water partition coefficient (Wildman–Crippen LogP) is -3.45. The maximum atomic E-state index is 15.0. The van der Waals surface area contributed by atoms with Crippen molar-refractivity contribution in [1.29, 1.82) is 0 Å². The van der Waals surface area contributed by atoms with E-state index in [-0.39, 0.29) is 101 Å². The molecule has 3 heterocycles. The summed E-state index contributed by atoms with van der Waals surface area (Å²) in [5.74, 6) is -9.61. The third-order valence-corrected chi connectivity index (χ3v) is 14.6. The molecule has 2 aromatic heterocycles. The summed E-state index contributed by atoms with van der Waals surface area (Å²) in [5, 5.41) is 58.5. The van der Waals surface area contributed by atoms with Crippen LogP contribution in [-0.2, 0) is 80.0 Å². The van der Waals surface area contributed by atoms with E-state index in [1.54, 1.807) is 30.3 Å². The summed E-state index contributed by atoms with van der Waals surface area (Å²) < 4.78 is 0. The van der Waals surface area contributed by atoms with Crippen LogP contribution >= 0.6 is 0 Å². The lowest BCUT2D eigenvalue weighted by atomic mass is 10.0. The number of nitrogens with zero attached hydrogens (tertiary/aromatic N) is 4. The predicted molar refractivity (Wildman–Crippen MR) is 322 cm³/mol. The Bertz CT molecular complexity index is 3260. The van der Waals surface area contributed by atoms with Gasteiger partial charge in [0.25, 0.3) is 0 Å². The van der Waals surface area contributed by atoms with Gasteiger partial charge >= 0.3 is 5.97 Å². The summed E-state index contributed by atoms with van der Waals surface area (Å²) in [6.45, 7) is 1.18. The summed E-state index contributed by atoms with van der Waals surface area (Å²) in [5.41, 5.74) is 24.5. The average Bonchev–Trinajstić information content (AvgIpc) is 4.12. The van der Waals surface area contributed by atoms with Crippen molar-refractivity contribution in [2.45, 2.75) is 138 Å². The highest BCUT2D eigenvalue weighted by Crippen LogP contribution is 2.22. The van der Waals surface area contributed by atoms with E-state index >= 15 is 9.59 Å². The molecule has 1 fully saturated rings. The third-order valence-electron chi connectivity index (χ3n) is 14.6. The molecule has 0 saturated carbocycles. The molecule has 1 aliphatic heterocycles. The summed E-state index contributed by atoms with van der Waals surface area (Å²) in [4.78, 5) is 158. The zero-order valence-corrected chi connectivity index (χ0v) is 49.3. The molecule has 1 aliphatic rings. The highest BCUT2D eigenvalue weighted by molar-refractivity contribution is 5.99. The van der Waals surface area contributed by atoms with Crippen molar-refractivity contribution in [3.05, 3.63) is 132 Å². The number of carbonyl (C=O) groups is 10. The van der Waals surface area contributed by atoms with Gasteiger partial charge in [0.2, 0.25) is 53.2 Å². The number of aliphatic hydroxyl groups is 1. The third kappa shape index (κ3) is 21.5. The monoisotopic (exact) mass is 1250 g/mol. The van der Waals surface area contributed by atoms with Crippen molar-refractivity contribution in [2.24, 2.45) is 27.9 Å². The molecular weight excluding hydrogens is 1170 g/mol. The largest absolute Gasteiger partial charge is 0.508 e. The van der Waals surface area contributed by atoms with Crippen LogP contribution in [0.15, 0.2) is 109 Å². The zero-order valence-electron chi connectivity index (χ0n) is 49.3. The van der Waals surface area contributed by atoms with Gasteiger partial charge in [0, 0.05) is 75.4 Å². The molecule has 3 aromatic carbocycles. The van der Waals surface area contributed by atoms with Gasteiger partial charge in [-0.25, -0.2) is 14.8 Å². The van der Waals surface area contributed by atoms with Gasteiger partial charge in [0.15, 0.2) is 12.0 Å². The average molecular weight is 1250 g/mol. The van der Waals surface area contributed by atoms with E-state index in [1.165, 1.54) is 78.5 Å². The fourth-order valence-corrected chi connectivity index (χ4v) is 9.84. The number of hydrogen-bond donors (Lipinski definition) is 17. The Morgan fingerprint density at radius 2 is 1.06 bits per heavy atom. The van der Waals surface area contributed by atoms with Crippen molar-refractivity contribution in [1.82, 2.24) is 62.1 Å². The maximum Gasteiger partial charge on any atom is 0.328 e. The number of aliphatic hydroxyl groups excluding tert-OH is 1. The number of guanidine groups is 1. The first-order chi connectivity index (χ1) is 42.9. The SMILES string of the molecule is C[C@@H](O)[C@H](NC(=O)[C@H](CCCN=C(N)N)NC(=O)[C@@H]1CCCN1C(=O)[C@H](Cc1ccc(O)cc1)NC(=O)[C@H](Cc1cnc[nH]1)NC(=O)[C@H](Cc1ccccc1)NC(=O)[C@H](Cc1ccc(O)cc1)NC(=O)[C@H](Cc1cnc[nH]1)NC(=O)[C@@H](N)CCC(N)=O)C(=O)O. The lowest BCUT2D eigenvalue weighted by Gasteiger charge is -2.31. The fraction of sp³-hybridized carbons (Fsp3) is 0.407. The second-order valence-corrected chi connectivity index (χ2v) is 21.7. The van der Waals surface area contributed by atoms with Crippen LogP contribution in [-0.4, -0.2) is 184 Å². The summed E-state index contributed by atoms with van der Waals surface area (Å²) in [6, 6.07) is 6.95. The van der Waals surface area contributed by atoms with Crippen molar-refractivity contribution in [3.8, 4) is 11.5 Å². The molecule has 9 amide bonds. The lowest BCUT2D eigenvalue weighted by Crippen LogP contribution is -2.61. The number of benzene rings is 3. The number of carboxylic acids is 1. The number of imidazole rings is 2. The van der Waals surface area contributed by atoms with Crippen LogP contribution in [0.25, 0.3) is 0 Å². The highest BCUT2D eigenvalue weighted by Gasteiger charge is 2.41. The number of nitrogens with one attached hydrogen (secondary N) is 9. The van der Waals surface area contributed by atoms with Gasteiger partial charge < -0.3 is 95.4 Å². The second-order valence-electron chi connectivity index (χ2n) is 21.7.